The van der Waals surface area contributed by atoms with Crippen molar-refractivity contribution in [1.29, 1.82) is 0 Å². The summed E-state index contributed by atoms with van der Waals surface area (Å²) in [5, 5.41) is 22.1. The van der Waals surface area contributed by atoms with Gasteiger partial charge in [-0.2, -0.15) is 0 Å². The lowest BCUT2D eigenvalue weighted by Gasteiger charge is -2.33. The molecule has 1 aliphatic rings. The van der Waals surface area contributed by atoms with Gasteiger partial charge in [-0.25, -0.2) is 0 Å². The lowest BCUT2D eigenvalue weighted by atomic mass is 9.93. The van der Waals surface area contributed by atoms with E-state index >= 15 is 0 Å². The molecule has 0 radical (unpaired) electrons. The Kier molecular flexibility index (Phi) is 4.35. The Morgan fingerprint density at radius 1 is 1.43 bits per heavy atom. The van der Waals surface area contributed by atoms with Crippen LogP contribution in [0.2, 0.25) is 0 Å². The highest BCUT2D eigenvalue weighted by Gasteiger charge is 2.31. The van der Waals surface area contributed by atoms with Gasteiger partial charge in [0.1, 0.15) is 0 Å². The summed E-state index contributed by atoms with van der Waals surface area (Å²) in [6.45, 7) is 4.44. The van der Waals surface area contributed by atoms with Crippen molar-refractivity contribution in [2.75, 3.05) is 6.61 Å². The van der Waals surface area contributed by atoms with E-state index in [2.05, 4.69) is 19.2 Å². The summed E-state index contributed by atoms with van der Waals surface area (Å²) in [6.07, 6.45) is 4.62. The third kappa shape index (κ3) is 2.94. The predicted molar refractivity (Wildman–Crippen MR) is 57.2 cm³/mol. The molecule has 0 bridgehead atoms. The van der Waals surface area contributed by atoms with E-state index in [9.17, 15) is 5.11 Å². The fraction of sp³-hybridized carbons (Fsp3) is 1.00. The molecule has 0 saturated heterocycles. The van der Waals surface area contributed by atoms with Gasteiger partial charge < -0.3 is 15.5 Å². The van der Waals surface area contributed by atoms with Gasteiger partial charge in [0.25, 0.3) is 0 Å². The van der Waals surface area contributed by atoms with Crippen LogP contribution in [0, 0.1) is 0 Å². The van der Waals surface area contributed by atoms with Crippen LogP contribution in [0.3, 0.4) is 0 Å². The van der Waals surface area contributed by atoms with Crippen LogP contribution in [0.5, 0.6) is 0 Å². The highest BCUT2D eigenvalue weighted by atomic mass is 16.3. The van der Waals surface area contributed by atoms with Crippen molar-refractivity contribution in [2.24, 2.45) is 0 Å². The normalized spacial score (nSPS) is 31.7. The minimum atomic E-state index is -0.195. The van der Waals surface area contributed by atoms with Crippen LogP contribution in [0.1, 0.15) is 46.0 Å². The molecule has 84 valence electrons. The molecule has 0 spiro atoms. The van der Waals surface area contributed by atoms with Crippen molar-refractivity contribution in [3.05, 3.63) is 0 Å². The zero-order chi connectivity index (χ0) is 10.6. The molecule has 0 aliphatic heterocycles. The standard InChI is InChI=1S/C11H23NO2/c1-3-11(2,7-8-13)12-9-5-4-6-10(9)14/h9-10,12-14H,3-8H2,1-2H3/t9-,10-,11?/m1/s1. The molecule has 3 heteroatoms. The van der Waals surface area contributed by atoms with Crippen molar-refractivity contribution < 1.29 is 10.2 Å². The second-order valence-electron chi connectivity index (χ2n) is 4.64. The van der Waals surface area contributed by atoms with Crippen LogP contribution < -0.4 is 5.32 Å². The average Bonchev–Trinajstić information content (AvgIpc) is 2.52. The van der Waals surface area contributed by atoms with E-state index in [1.165, 1.54) is 0 Å². The van der Waals surface area contributed by atoms with Gasteiger partial charge in [0.15, 0.2) is 0 Å². The third-order valence-electron chi connectivity index (χ3n) is 3.46. The highest BCUT2D eigenvalue weighted by molar-refractivity contribution is 4.91. The lowest BCUT2D eigenvalue weighted by Crippen LogP contribution is -2.51. The molecule has 1 saturated carbocycles. The zero-order valence-electron chi connectivity index (χ0n) is 9.29. The Hall–Kier alpha value is -0.120. The fourth-order valence-corrected chi connectivity index (χ4v) is 2.15. The molecule has 1 aliphatic carbocycles. The van der Waals surface area contributed by atoms with Crippen LogP contribution in [0.25, 0.3) is 0 Å². The number of hydrogen-bond donors (Lipinski definition) is 3. The monoisotopic (exact) mass is 201 g/mol. The molecule has 1 fully saturated rings. The lowest BCUT2D eigenvalue weighted by molar-refractivity contribution is 0.117. The van der Waals surface area contributed by atoms with Crippen molar-refractivity contribution >= 4 is 0 Å². The van der Waals surface area contributed by atoms with E-state index in [0.29, 0.717) is 0 Å². The maximum Gasteiger partial charge on any atom is 0.0693 e. The second kappa shape index (κ2) is 5.10. The van der Waals surface area contributed by atoms with Gasteiger partial charge in [-0.15, -0.1) is 0 Å². The van der Waals surface area contributed by atoms with Gasteiger partial charge in [-0.05, 0) is 39.0 Å². The molecule has 1 unspecified atom stereocenters. The highest BCUT2D eigenvalue weighted by Crippen LogP contribution is 2.23. The first kappa shape index (κ1) is 12.0. The number of aliphatic hydroxyl groups excluding tert-OH is 2. The number of aliphatic hydroxyl groups is 2. The molecule has 0 heterocycles. The summed E-state index contributed by atoms with van der Waals surface area (Å²) in [7, 11) is 0. The Bertz CT molecular complexity index is 175. The minimum absolute atomic E-state index is 0.0231. The van der Waals surface area contributed by atoms with Gasteiger partial charge in [-0.3, -0.25) is 0 Å². The van der Waals surface area contributed by atoms with Gasteiger partial charge in [0.2, 0.25) is 0 Å². The Morgan fingerprint density at radius 3 is 2.57 bits per heavy atom. The quantitative estimate of drug-likeness (QED) is 0.623. The smallest absolute Gasteiger partial charge is 0.0693 e. The first-order valence-corrected chi connectivity index (χ1v) is 5.68. The first-order valence-electron chi connectivity index (χ1n) is 5.68. The van der Waals surface area contributed by atoms with Crippen molar-refractivity contribution in [1.82, 2.24) is 5.32 Å². The number of hydrogen-bond acceptors (Lipinski definition) is 3. The van der Waals surface area contributed by atoms with Crippen LogP contribution in [0.4, 0.5) is 0 Å². The van der Waals surface area contributed by atoms with E-state index in [0.717, 1.165) is 32.1 Å². The van der Waals surface area contributed by atoms with Crippen LogP contribution in [0.15, 0.2) is 0 Å². The van der Waals surface area contributed by atoms with E-state index < -0.39 is 0 Å². The summed E-state index contributed by atoms with van der Waals surface area (Å²) in [5.74, 6) is 0. The summed E-state index contributed by atoms with van der Waals surface area (Å²) in [6, 6.07) is 0.228. The van der Waals surface area contributed by atoms with E-state index in [1.807, 2.05) is 0 Å². The van der Waals surface area contributed by atoms with Gasteiger partial charge in [0, 0.05) is 18.2 Å². The van der Waals surface area contributed by atoms with E-state index in [1.54, 1.807) is 0 Å². The summed E-state index contributed by atoms with van der Waals surface area (Å²) in [5.41, 5.74) is -0.0231. The van der Waals surface area contributed by atoms with Crippen molar-refractivity contribution in [2.45, 2.75) is 63.6 Å². The molecule has 0 amide bonds. The minimum Gasteiger partial charge on any atom is -0.396 e. The molecule has 3 nitrogen and oxygen atoms in total. The topological polar surface area (TPSA) is 52.5 Å². The van der Waals surface area contributed by atoms with Crippen LogP contribution in [-0.2, 0) is 0 Å². The molecular weight excluding hydrogens is 178 g/mol. The zero-order valence-corrected chi connectivity index (χ0v) is 9.29. The molecule has 0 aromatic rings. The molecule has 3 atom stereocenters. The Morgan fingerprint density at radius 2 is 2.14 bits per heavy atom. The summed E-state index contributed by atoms with van der Waals surface area (Å²) >= 11 is 0. The second-order valence-corrected chi connectivity index (χ2v) is 4.64. The van der Waals surface area contributed by atoms with Crippen molar-refractivity contribution in [3.8, 4) is 0 Å². The number of nitrogens with one attached hydrogen (secondary N) is 1. The Labute approximate surface area is 86.5 Å². The SMILES string of the molecule is CCC(C)(CCO)N[C@@H]1CCC[C@H]1O. The average molecular weight is 201 g/mol. The van der Waals surface area contributed by atoms with E-state index in [4.69, 9.17) is 5.11 Å². The summed E-state index contributed by atoms with van der Waals surface area (Å²) in [4.78, 5) is 0. The van der Waals surface area contributed by atoms with Gasteiger partial charge in [0.05, 0.1) is 6.10 Å². The Balaban J connectivity index is 2.46. The van der Waals surface area contributed by atoms with E-state index in [-0.39, 0.29) is 24.3 Å². The first-order chi connectivity index (χ1) is 6.61. The molecule has 1 rings (SSSR count). The maximum absolute atomic E-state index is 9.69. The predicted octanol–water partition coefficient (Wildman–Crippen LogP) is 1.04. The largest absolute Gasteiger partial charge is 0.396 e. The molecule has 14 heavy (non-hydrogen) atoms. The van der Waals surface area contributed by atoms with Crippen molar-refractivity contribution in [3.63, 3.8) is 0 Å². The molecule has 0 aromatic heterocycles. The van der Waals surface area contributed by atoms with Gasteiger partial charge in [-0.1, -0.05) is 6.92 Å². The summed E-state index contributed by atoms with van der Waals surface area (Å²) < 4.78 is 0. The van der Waals surface area contributed by atoms with Gasteiger partial charge >= 0.3 is 0 Å². The molecule has 0 aromatic carbocycles. The fourth-order valence-electron chi connectivity index (χ4n) is 2.15. The number of rotatable bonds is 5. The van der Waals surface area contributed by atoms with Crippen LogP contribution >= 0.6 is 0 Å². The molecule has 3 N–H and O–H groups in total. The maximum atomic E-state index is 9.69. The third-order valence-corrected chi connectivity index (χ3v) is 3.46. The molecular formula is C11H23NO2. The van der Waals surface area contributed by atoms with Crippen LogP contribution in [-0.4, -0.2) is 34.5 Å².